The molecule has 2 aromatic carbocycles. The molecule has 1 heterocycles. The molecule has 0 aliphatic rings. The Morgan fingerprint density at radius 3 is 2.67 bits per heavy atom. The summed E-state index contributed by atoms with van der Waals surface area (Å²) in [7, 11) is 0. The first-order chi connectivity index (χ1) is 11.7. The Morgan fingerprint density at radius 2 is 1.88 bits per heavy atom. The number of para-hydroxylation sites is 1. The van der Waals surface area contributed by atoms with Crippen molar-refractivity contribution in [2.75, 3.05) is 0 Å². The molecule has 124 valence electrons. The standard InChI is InChI=1S/C19H17ClFNO2/c20-17-7-3-8-18(21)16(17)13-24-19-9-2-1-5-14(19)11-22-12-15-6-4-10-23-15/h1-10,22H,11-13H2. The van der Waals surface area contributed by atoms with Crippen molar-refractivity contribution in [1.82, 2.24) is 5.32 Å². The Hall–Kier alpha value is -2.30. The van der Waals surface area contributed by atoms with Gasteiger partial charge < -0.3 is 14.5 Å². The van der Waals surface area contributed by atoms with E-state index < -0.39 is 0 Å². The zero-order valence-corrected chi connectivity index (χ0v) is 13.7. The lowest BCUT2D eigenvalue weighted by atomic mass is 10.2. The summed E-state index contributed by atoms with van der Waals surface area (Å²) < 4.78 is 24.9. The van der Waals surface area contributed by atoms with Crippen molar-refractivity contribution in [3.63, 3.8) is 0 Å². The van der Waals surface area contributed by atoms with E-state index >= 15 is 0 Å². The first-order valence-corrected chi connectivity index (χ1v) is 7.98. The van der Waals surface area contributed by atoms with Crippen LogP contribution in [0.15, 0.2) is 65.3 Å². The van der Waals surface area contributed by atoms with Gasteiger partial charge in [-0.05, 0) is 30.3 Å². The number of hydrogen-bond donors (Lipinski definition) is 1. The summed E-state index contributed by atoms with van der Waals surface area (Å²) >= 11 is 6.03. The van der Waals surface area contributed by atoms with E-state index in [1.54, 1.807) is 18.4 Å². The highest BCUT2D eigenvalue weighted by molar-refractivity contribution is 6.31. The quantitative estimate of drug-likeness (QED) is 0.658. The van der Waals surface area contributed by atoms with Crippen LogP contribution in [-0.4, -0.2) is 0 Å². The number of furan rings is 1. The lowest BCUT2D eigenvalue weighted by Gasteiger charge is -2.13. The van der Waals surface area contributed by atoms with Crippen LogP contribution in [0.1, 0.15) is 16.9 Å². The zero-order valence-electron chi connectivity index (χ0n) is 13.0. The predicted octanol–water partition coefficient (Wildman–Crippen LogP) is 4.94. The maximum absolute atomic E-state index is 13.8. The number of benzene rings is 2. The molecule has 0 aliphatic carbocycles. The molecule has 0 spiro atoms. The van der Waals surface area contributed by atoms with Gasteiger partial charge in [0.15, 0.2) is 0 Å². The fourth-order valence-corrected chi connectivity index (χ4v) is 2.56. The van der Waals surface area contributed by atoms with Gasteiger partial charge in [0.05, 0.1) is 17.8 Å². The van der Waals surface area contributed by atoms with Gasteiger partial charge in [-0.3, -0.25) is 0 Å². The van der Waals surface area contributed by atoms with E-state index in [0.717, 1.165) is 11.3 Å². The van der Waals surface area contributed by atoms with Crippen LogP contribution in [0.4, 0.5) is 4.39 Å². The molecule has 0 amide bonds. The highest BCUT2D eigenvalue weighted by Gasteiger charge is 2.09. The summed E-state index contributed by atoms with van der Waals surface area (Å²) in [5.41, 5.74) is 1.34. The second-order valence-electron chi connectivity index (χ2n) is 5.28. The van der Waals surface area contributed by atoms with Crippen molar-refractivity contribution in [3.8, 4) is 5.75 Å². The van der Waals surface area contributed by atoms with Crippen LogP contribution >= 0.6 is 11.6 Å². The molecule has 0 bridgehead atoms. The molecule has 3 aromatic rings. The second kappa shape index (κ2) is 7.99. The molecule has 1 aromatic heterocycles. The van der Waals surface area contributed by atoms with E-state index in [4.69, 9.17) is 20.8 Å². The van der Waals surface area contributed by atoms with Gasteiger partial charge in [-0.1, -0.05) is 35.9 Å². The number of hydrogen-bond acceptors (Lipinski definition) is 3. The van der Waals surface area contributed by atoms with Crippen LogP contribution in [0.2, 0.25) is 5.02 Å². The first kappa shape index (κ1) is 16.6. The molecule has 5 heteroatoms. The minimum atomic E-state index is -0.365. The summed E-state index contributed by atoms with van der Waals surface area (Å²) in [4.78, 5) is 0. The molecule has 0 saturated heterocycles. The van der Waals surface area contributed by atoms with E-state index in [-0.39, 0.29) is 12.4 Å². The molecule has 0 radical (unpaired) electrons. The Bertz CT molecular complexity index is 770. The Kier molecular flexibility index (Phi) is 5.51. The maximum Gasteiger partial charge on any atom is 0.131 e. The molecule has 0 unspecified atom stereocenters. The van der Waals surface area contributed by atoms with Gasteiger partial charge in [0.2, 0.25) is 0 Å². The van der Waals surface area contributed by atoms with Gasteiger partial charge in [-0.25, -0.2) is 4.39 Å². The number of nitrogens with one attached hydrogen (secondary N) is 1. The van der Waals surface area contributed by atoms with Crippen LogP contribution in [0, 0.1) is 5.82 Å². The third-order valence-corrected chi connectivity index (χ3v) is 3.96. The summed E-state index contributed by atoms with van der Waals surface area (Å²) in [5.74, 6) is 1.20. The second-order valence-corrected chi connectivity index (χ2v) is 5.69. The highest BCUT2D eigenvalue weighted by atomic mass is 35.5. The molecule has 0 saturated carbocycles. The molecule has 3 rings (SSSR count). The fraction of sp³-hybridized carbons (Fsp3) is 0.158. The van der Waals surface area contributed by atoms with Gasteiger partial charge in [0.1, 0.15) is 23.9 Å². The highest BCUT2D eigenvalue weighted by Crippen LogP contribution is 2.23. The van der Waals surface area contributed by atoms with Gasteiger partial charge in [0, 0.05) is 17.7 Å². The monoisotopic (exact) mass is 345 g/mol. The van der Waals surface area contributed by atoms with Gasteiger partial charge >= 0.3 is 0 Å². The van der Waals surface area contributed by atoms with Crippen LogP contribution in [0.25, 0.3) is 0 Å². The smallest absolute Gasteiger partial charge is 0.131 e. The molecular formula is C19H17ClFNO2. The zero-order chi connectivity index (χ0) is 16.8. The van der Waals surface area contributed by atoms with Gasteiger partial charge in [0.25, 0.3) is 0 Å². The van der Waals surface area contributed by atoms with Gasteiger partial charge in [-0.2, -0.15) is 0 Å². The average molecular weight is 346 g/mol. The van der Waals surface area contributed by atoms with E-state index in [1.807, 2.05) is 36.4 Å². The molecule has 0 aliphatic heterocycles. The Morgan fingerprint density at radius 1 is 1.00 bits per heavy atom. The lowest BCUT2D eigenvalue weighted by molar-refractivity contribution is 0.296. The normalized spacial score (nSPS) is 10.8. The van der Waals surface area contributed by atoms with Crippen molar-refractivity contribution in [1.29, 1.82) is 0 Å². The van der Waals surface area contributed by atoms with E-state index in [2.05, 4.69) is 5.32 Å². The van der Waals surface area contributed by atoms with Crippen LogP contribution in [0.5, 0.6) is 5.75 Å². The summed E-state index contributed by atoms with van der Waals surface area (Å²) in [6.45, 7) is 1.32. The van der Waals surface area contributed by atoms with E-state index in [9.17, 15) is 4.39 Å². The predicted molar refractivity (Wildman–Crippen MR) is 91.4 cm³/mol. The molecule has 1 N–H and O–H groups in total. The van der Waals surface area contributed by atoms with E-state index in [1.165, 1.54) is 6.07 Å². The molecule has 0 atom stereocenters. The Balaban J connectivity index is 1.63. The number of halogens is 2. The average Bonchev–Trinajstić information content (AvgIpc) is 3.09. The Labute approximate surface area is 145 Å². The minimum absolute atomic E-state index is 0.0840. The van der Waals surface area contributed by atoms with Crippen LogP contribution in [-0.2, 0) is 19.7 Å². The molecule has 3 nitrogen and oxygen atoms in total. The maximum atomic E-state index is 13.8. The van der Waals surface area contributed by atoms with E-state index in [0.29, 0.717) is 29.4 Å². The number of ether oxygens (including phenoxy) is 1. The van der Waals surface area contributed by atoms with Crippen molar-refractivity contribution < 1.29 is 13.5 Å². The summed E-state index contributed by atoms with van der Waals surface area (Å²) in [5, 5.41) is 3.66. The van der Waals surface area contributed by atoms with Crippen molar-refractivity contribution in [2.45, 2.75) is 19.7 Å². The number of rotatable bonds is 7. The lowest BCUT2D eigenvalue weighted by Crippen LogP contribution is -2.13. The summed E-state index contributed by atoms with van der Waals surface area (Å²) in [6.07, 6.45) is 1.65. The molecular weight excluding hydrogens is 329 g/mol. The van der Waals surface area contributed by atoms with Crippen LogP contribution < -0.4 is 10.1 Å². The van der Waals surface area contributed by atoms with Crippen molar-refractivity contribution >= 4 is 11.6 Å². The van der Waals surface area contributed by atoms with Crippen LogP contribution in [0.3, 0.4) is 0 Å². The minimum Gasteiger partial charge on any atom is -0.488 e. The topological polar surface area (TPSA) is 34.4 Å². The molecule has 24 heavy (non-hydrogen) atoms. The van der Waals surface area contributed by atoms with Gasteiger partial charge in [-0.15, -0.1) is 0 Å². The fourth-order valence-electron chi connectivity index (χ4n) is 2.34. The third kappa shape index (κ3) is 4.16. The first-order valence-electron chi connectivity index (χ1n) is 7.61. The van der Waals surface area contributed by atoms with Crippen molar-refractivity contribution in [3.05, 3.63) is 88.6 Å². The largest absolute Gasteiger partial charge is 0.488 e. The van der Waals surface area contributed by atoms with Crippen molar-refractivity contribution in [2.24, 2.45) is 0 Å². The summed E-state index contributed by atoms with van der Waals surface area (Å²) in [6, 6.07) is 16.0. The molecule has 0 fully saturated rings. The third-order valence-electron chi connectivity index (χ3n) is 3.60. The SMILES string of the molecule is Fc1cccc(Cl)c1COc1ccccc1CNCc1ccco1.